The molecule has 0 saturated heterocycles. The van der Waals surface area contributed by atoms with Crippen LogP contribution in [0.5, 0.6) is 5.75 Å². The Labute approximate surface area is 117 Å². The highest BCUT2D eigenvalue weighted by molar-refractivity contribution is 5.82. The molecule has 20 heavy (non-hydrogen) atoms. The third-order valence-corrected chi connectivity index (χ3v) is 3.70. The van der Waals surface area contributed by atoms with Gasteiger partial charge in [0, 0.05) is 6.07 Å². The quantitative estimate of drug-likeness (QED) is 0.357. The van der Waals surface area contributed by atoms with Gasteiger partial charge in [-0.25, -0.2) is 0 Å². The molecule has 0 N–H and O–H groups in total. The third kappa shape index (κ3) is 3.23. The summed E-state index contributed by atoms with van der Waals surface area (Å²) in [6, 6.07) is 4.27. The van der Waals surface area contributed by atoms with E-state index in [-0.39, 0.29) is 11.3 Å². The predicted octanol–water partition coefficient (Wildman–Crippen LogP) is 3.39. The summed E-state index contributed by atoms with van der Waals surface area (Å²) in [7, 11) is 0. The molecule has 0 aliphatic heterocycles. The van der Waals surface area contributed by atoms with Gasteiger partial charge in [0.1, 0.15) is 5.75 Å². The first-order valence-corrected chi connectivity index (χ1v) is 6.63. The summed E-state index contributed by atoms with van der Waals surface area (Å²) in [6.07, 6.45) is 6.85. The number of carbonyl (C=O) groups is 1. The number of hydrogen-bond donors (Lipinski definition) is 0. The van der Waals surface area contributed by atoms with Crippen LogP contribution in [-0.4, -0.2) is 17.8 Å². The Balaban J connectivity index is 2.05. The van der Waals surface area contributed by atoms with Gasteiger partial charge in [-0.15, -0.1) is 0 Å². The fourth-order valence-electron chi connectivity index (χ4n) is 2.33. The Bertz CT molecular complexity index is 539. The molecular weight excluding hydrogens is 258 g/mol. The molecule has 0 radical (unpaired) electrons. The van der Waals surface area contributed by atoms with Crippen molar-refractivity contribution in [2.45, 2.75) is 19.8 Å². The molecule has 5 nitrogen and oxygen atoms in total. The smallest absolute Gasteiger partial charge is 0.280 e. The Morgan fingerprint density at radius 1 is 1.40 bits per heavy atom. The van der Waals surface area contributed by atoms with Crippen molar-refractivity contribution in [1.29, 1.82) is 0 Å². The number of aldehydes is 1. The number of nitro benzene ring substituents is 1. The summed E-state index contributed by atoms with van der Waals surface area (Å²) >= 11 is 0. The van der Waals surface area contributed by atoms with Gasteiger partial charge >= 0.3 is 0 Å². The lowest BCUT2D eigenvalue weighted by atomic mass is 9.85. The van der Waals surface area contributed by atoms with Crippen molar-refractivity contribution < 1.29 is 14.5 Å². The van der Waals surface area contributed by atoms with Crippen molar-refractivity contribution in [2.24, 2.45) is 11.8 Å². The predicted molar refractivity (Wildman–Crippen MR) is 75.0 cm³/mol. The van der Waals surface area contributed by atoms with E-state index in [9.17, 15) is 14.9 Å². The number of hydrogen-bond acceptors (Lipinski definition) is 4. The van der Waals surface area contributed by atoms with Crippen LogP contribution in [0.4, 0.5) is 5.69 Å². The number of nitrogens with zero attached hydrogens (tertiary/aromatic N) is 1. The van der Waals surface area contributed by atoms with E-state index in [1.54, 1.807) is 0 Å². The van der Waals surface area contributed by atoms with Crippen LogP contribution < -0.4 is 4.74 Å². The van der Waals surface area contributed by atoms with Crippen LogP contribution in [0, 0.1) is 22.0 Å². The van der Waals surface area contributed by atoms with Crippen LogP contribution in [0.2, 0.25) is 0 Å². The van der Waals surface area contributed by atoms with Gasteiger partial charge in [-0.1, -0.05) is 19.1 Å². The number of ether oxygens (including phenoxy) is 1. The zero-order chi connectivity index (χ0) is 14.5. The van der Waals surface area contributed by atoms with Crippen molar-refractivity contribution in [3.05, 3.63) is 46.0 Å². The molecule has 0 aromatic heterocycles. The van der Waals surface area contributed by atoms with Gasteiger partial charge in [-0.05, 0) is 36.8 Å². The second-order valence-electron chi connectivity index (χ2n) is 5.09. The summed E-state index contributed by atoms with van der Waals surface area (Å²) in [5, 5.41) is 10.7. The Morgan fingerprint density at radius 3 is 2.80 bits per heavy atom. The standard InChI is InChI=1S/C15H17NO4/c1-11-4-2-3-5-12(11)10-20-14-6-7-15(16(18)19)13(8-14)9-17/h2-3,6-9,11-12H,4-5,10H2,1H3. The number of rotatable bonds is 5. The molecule has 0 heterocycles. The summed E-state index contributed by atoms with van der Waals surface area (Å²) in [4.78, 5) is 21.0. The molecule has 2 unspecified atom stereocenters. The minimum Gasteiger partial charge on any atom is -0.493 e. The van der Waals surface area contributed by atoms with Gasteiger partial charge in [-0.3, -0.25) is 14.9 Å². The average molecular weight is 275 g/mol. The van der Waals surface area contributed by atoms with Gasteiger partial charge in [-0.2, -0.15) is 0 Å². The Kier molecular flexibility index (Phi) is 4.50. The second-order valence-corrected chi connectivity index (χ2v) is 5.09. The molecule has 1 aliphatic rings. The first kappa shape index (κ1) is 14.2. The van der Waals surface area contributed by atoms with E-state index in [0.717, 1.165) is 12.8 Å². The van der Waals surface area contributed by atoms with Crippen LogP contribution in [0.15, 0.2) is 30.4 Å². The summed E-state index contributed by atoms with van der Waals surface area (Å²) in [5.41, 5.74) is -0.148. The van der Waals surface area contributed by atoms with Crippen LogP contribution in [0.1, 0.15) is 30.1 Å². The highest BCUT2D eigenvalue weighted by Gasteiger charge is 2.19. The lowest BCUT2D eigenvalue weighted by Crippen LogP contribution is -2.21. The van der Waals surface area contributed by atoms with E-state index in [4.69, 9.17) is 4.74 Å². The fraction of sp³-hybridized carbons (Fsp3) is 0.400. The molecule has 5 heteroatoms. The van der Waals surface area contributed by atoms with Crippen LogP contribution in [-0.2, 0) is 0 Å². The molecule has 1 aromatic rings. The number of benzene rings is 1. The second kappa shape index (κ2) is 6.32. The molecule has 0 spiro atoms. The van der Waals surface area contributed by atoms with Gasteiger partial charge in [0.25, 0.3) is 5.69 Å². The van der Waals surface area contributed by atoms with Crippen molar-refractivity contribution in [1.82, 2.24) is 0 Å². The monoisotopic (exact) mass is 275 g/mol. The number of carbonyl (C=O) groups excluding carboxylic acids is 1. The highest BCUT2D eigenvalue weighted by atomic mass is 16.6. The zero-order valence-electron chi connectivity index (χ0n) is 11.3. The van der Waals surface area contributed by atoms with Gasteiger partial charge in [0.05, 0.1) is 17.1 Å². The number of nitro groups is 1. The topological polar surface area (TPSA) is 69.4 Å². The maximum Gasteiger partial charge on any atom is 0.280 e. The lowest BCUT2D eigenvalue weighted by molar-refractivity contribution is -0.385. The van der Waals surface area contributed by atoms with Crippen LogP contribution in [0.3, 0.4) is 0 Å². The maximum absolute atomic E-state index is 10.9. The minimum absolute atomic E-state index is 0.0455. The number of allylic oxidation sites excluding steroid dienone is 2. The van der Waals surface area contributed by atoms with E-state index in [0.29, 0.717) is 30.5 Å². The third-order valence-electron chi connectivity index (χ3n) is 3.70. The van der Waals surface area contributed by atoms with Crippen molar-refractivity contribution in [3.8, 4) is 5.75 Å². The molecule has 1 aromatic carbocycles. The van der Waals surface area contributed by atoms with Crippen molar-refractivity contribution in [2.75, 3.05) is 6.61 Å². The first-order chi connectivity index (χ1) is 9.61. The van der Waals surface area contributed by atoms with Crippen molar-refractivity contribution in [3.63, 3.8) is 0 Å². The fourth-order valence-corrected chi connectivity index (χ4v) is 2.33. The average Bonchev–Trinajstić information content (AvgIpc) is 2.46. The SMILES string of the molecule is CC1CC=CCC1COc1ccc([N+](=O)[O-])c(C=O)c1. The largest absolute Gasteiger partial charge is 0.493 e. The molecule has 0 bridgehead atoms. The van der Waals surface area contributed by atoms with E-state index in [1.165, 1.54) is 18.2 Å². The summed E-state index contributed by atoms with van der Waals surface area (Å²) in [6.45, 7) is 2.74. The van der Waals surface area contributed by atoms with E-state index >= 15 is 0 Å². The highest BCUT2D eigenvalue weighted by Crippen LogP contribution is 2.27. The minimum atomic E-state index is -0.568. The Morgan fingerprint density at radius 2 is 2.15 bits per heavy atom. The summed E-state index contributed by atoms with van der Waals surface area (Å²) in [5.74, 6) is 1.50. The molecule has 0 saturated carbocycles. The first-order valence-electron chi connectivity index (χ1n) is 6.63. The van der Waals surface area contributed by atoms with E-state index in [1.807, 2.05) is 0 Å². The van der Waals surface area contributed by atoms with E-state index in [2.05, 4.69) is 19.1 Å². The van der Waals surface area contributed by atoms with E-state index < -0.39 is 4.92 Å². The van der Waals surface area contributed by atoms with Gasteiger partial charge < -0.3 is 4.74 Å². The van der Waals surface area contributed by atoms with Crippen LogP contribution in [0.25, 0.3) is 0 Å². The maximum atomic E-state index is 10.9. The molecule has 2 rings (SSSR count). The molecule has 0 fully saturated rings. The molecule has 0 amide bonds. The Hall–Kier alpha value is -2.17. The van der Waals surface area contributed by atoms with Gasteiger partial charge in [0.15, 0.2) is 6.29 Å². The van der Waals surface area contributed by atoms with Crippen molar-refractivity contribution >= 4 is 12.0 Å². The summed E-state index contributed by atoms with van der Waals surface area (Å²) < 4.78 is 5.68. The van der Waals surface area contributed by atoms with Crippen LogP contribution >= 0.6 is 0 Å². The molecule has 2 atom stereocenters. The van der Waals surface area contributed by atoms with Gasteiger partial charge in [0.2, 0.25) is 0 Å². The molecule has 1 aliphatic carbocycles. The molecular formula is C15H17NO4. The lowest BCUT2D eigenvalue weighted by Gasteiger charge is -2.25. The zero-order valence-corrected chi connectivity index (χ0v) is 11.3. The molecule has 106 valence electrons. The normalized spacial score (nSPS) is 21.4.